The number of hydrogen-bond donors (Lipinski definition) is 1. The average molecular weight is 278 g/mol. The summed E-state index contributed by atoms with van der Waals surface area (Å²) in [5.41, 5.74) is 0.252. The number of aromatic nitrogens is 1. The zero-order chi connectivity index (χ0) is 13.0. The van der Waals surface area contributed by atoms with E-state index in [-0.39, 0.29) is 11.7 Å². The normalized spacial score (nSPS) is 11.8. The first-order valence-corrected chi connectivity index (χ1v) is 6.87. The van der Waals surface area contributed by atoms with E-state index in [0.717, 1.165) is 6.42 Å². The van der Waals surface area contributed by atoms with Crippen LogP contribution in [0.25, 0.3) is 0 Å². The lowest BCUT2D eigenvalue weighted by atomic mass is 10.2. The Balaban J connectivity index is 2.20. The van der Waals surface area contributed by atoms with Crippen molar-refractivity contribution in [3.05, 3.63) is 45.2 Å². The topological polar surface area (TPSA) is 48.7 Å². The minimum Gasteiger partial charge on any atom is -0.362 e. The van der Waals surface area contributed by atoms with E-state index in [9.17, 15) is 0 Å². The fraction of sp³-hybridized carbons (Fsp3) is 0.231. The zero-order valence-electron chi connectivity index (χ0n) is 9.85. The van der Waals surface area contributed by atoms with Gasteiger partial charge in [-0.15, -0.1) is 11.3 Å². The highest BCUT2D eigenvalue weighted by Crippen LogP contribution is 2.26. The Morgan fingerprint density at radius 2 is 2.33 bits per heavy atom. The van der Waals surface area contributed by atoms with Gasteiger partial charge in [0, 0.05) is 4.88 Å². The third-order valence-electron chi connectivity index (χ3n) is 2.57. The van der Waals surface area contributed by atoms with E-state index in [1.54, 1.807) is 23.5 Å². The number of hydrogen-bond acceptors (Lipinski definition) is 4. The van der Waals surface area contributed by atoms with Crippen molar-refractivity contribution in [3.8, 4) is 6.07 Å². The van der Waals surface area contributed by atoms with Gasteiger partial charge in [-0.2, -0.15) is 5.26 Å². The average Bonchev–Trinajstić information content (AvgIpc) is 2.91. The Bertz CT molecular complexity index is 560. The molecule has 0 amide bonds. The summed E-state index contributed by atoms with van der Waals surface area (Å²) in [6.07, 6.45) is 0.951. The largest absolute Gasteiger partial charge is 0.362 e. The van der Waals surface area contributed by atoms with Crippen molar-refractivity contribution < 1.29 is 0 Å². The molecule has 2 heterocycles. The molecule has 1 atom stereocenters. The molecule has 0 aliphatic carbocycles. The lowest BCUT2D eigenvalue weighted by molar-refractivity contribution is 0.758. The van der Waals surface area contributed by atoms with Crippen LogP contribution in [0.15, 0.2) is 29.6 Å². The monoisotopic (exact) mass is 277 g/mol. The van der Waals surface area contributed by atoms with Gasteiger partial charge < -0.3 is 5.32 Å². The van der Waals surface area contributed by atoms with Crippen LogP contribution in [0.4, 0.5) is 5.82 Å². The summed E-state index contributed by atoms with van der Waals surface area (Å²) in [6, 6.07) is 9.79. The maximum Gasteiger partial charge on any atom is 0.161 e. The first-order chi connectivity index (χ1) is 8.74. The van der Waals surface area contributed by atoms with Gasteiger partial charge in [0.25, 0.3) is 0 Å². The molecule has 0 aliphatic rings. The molecular formula is C13H12ClN3S. The molecule has 0 spiro atoms. The Morgan fingerprint density at radius 3 is 2.94 bits per heavy atom. The smallest absolute Gasteiger partial charge is 0.161 e. The van der Waals surface area contributed by atoms with Crippen LogP contribution in [0.3, 0.4) is 0 Å². The molecule has 5 heteroatoms. The maximum atomic E-state index is 8.90. The molecule has 0 fully saturated rings. The maximum absolute atomic E-state index is 8.90. The number of pyridine rings is 1. The first-order valence-electron chi connectivity index (χ1n) is 5.61. The lowest BCUT2D eigenvalue weighted by Crippen LogP contribution is -2.09. The van der Waals surface area contributed by atoms with E-state index in [4.69, 9.17) is 16.9 Å². The van der Waals surface area contributed by atoms with Crippen molar-refractivity contribution in [2.24, 2.45) is 0 Å². The van der Waals surface area contributed by atoms with E-state index >= 15 is 0 Å². The highest BCUT2D eigenvalue weighted by atomic mass is 35.5. The summed E-state index contributed by atoms with van der Waals surface area (Å²) in [7, 11) is 0. The summed E-state index contributed by atoms with van der Waals surface area (Å²) in [5, 5.41) is 14.7. The van der Waals surface area contributed by atoms with Crippen LogP contribution in [0.2, 0.25) is 5.02 Å². The van der Waals surface area contributed by atoms with Gasteiger partial charge in [-0.05, 0) is 30.0 Å². The van der Waals surface area contributed by atoms with Gasteiger partial charge in [0.1, 0.15) is 11.9 Å². The molecule has 2 aromatic heterocycles. The second kappa shape index (κ2) is 5.85. The number of thiophene rings is 1. The first kappa shape index (κ1) is 12.9. The summed E-state index contributed by atoms with van der Waals surface area (Å²) >= 11 is 7.56. The minimum absolute atomic E-state index is 0.213. The van der Waals surface area contributed by atoms with Crippen LogP contribution in [0, 0.1) is 11.3 Å². The van der Waals surface area contributed by atoms with Crippen LogP contribution >= 0.6 is 22.9 Å². The van der Waals surface area contributed by atoms with Gasteiger partial charge in [0.2, 0.25) is 0 Å². The molecule has 0 radical (unpaired) electrons. The van der Waals surface area contributed by atoms with E-state index in [1.807, 2.05) is 12.1 Å². The Labute approximate surface area is 115 Å². The zero-order valence-corrected chi connectivity index (χ0v) is 11.4. The van der Waals surface area contributed by atoms with Crippen LogP contribution in [-0.2, 0) is 0 Å². The summed E-state index contributed by atoms with van der Waals surface area (Å²) in [4.78, 5) is 5.45. The van der Waals surface area contributed by atoms with Gasteiger partial charge in [-0.3, -0.25) is 0 Å². The standard InChI is InChI=1S/C13H12ClN3S/c1-2-10(12-4-3-7-18-12)16-13-6-5-9(14)11(8-15)17-13/h3-7,10H,2H2,1H3,(H,16,17). The highest BCUT2D eigenvalue weighted by molar-refractivity contribution is 7.10. The van der Waals surface area contributed by atoms with Crippen molar-refractivity contribution in [1.29, 1.82) is 5.26 Å². The molecule has 0 saturated carbocycles. The van der Waals surface area contributed by atoms with E-state index in [2.05, 4.69) is 28.7 Å². The van der Waals surface area contributed by atoms with Crippen LogP contribution in [-0.4, -0.2) is 4.98 Å². The van der Waals surface area contributed by atoms with Crippen LogP contribution < -0.4 is 5.32 Å². The second-order valence-corrected chi connectivity index (χ2v) is 5.15. The molecule has 2 rings (SSSR count). The minimum atomic E-state index is 0.213. The fourth-order valence-corrected chi connectivity index (χ4v) is 2.65. The predicted octanol–water partition coefficient (Wildman–Crippen LogP) is 4.23. The number of nitriles is 1. The molecule has 0 aliphatic heterocycles. The summed E-state index contributed by atoms with van der Waals surface area (Å²) < 4.78 is 0. The van der Waals surface area contributed by atoms with Crippen molar-refractivity contribution in [1.82, 2.24) is 4.98 Å². The molecule has 0 saturated heterocycles. The van der Waals surface area contributed by atoms with Gasteiger partial charge in [-0.1, -0.05) is 24.6 Å². The quantitative estimate of drug-likeness (QED) is 0.910. The van der Waals surface area contributed by atoms with Gasteiger partial charge in [-0.25, -0.2) is 4.98 Å². The van der Waals surface area contributed by atoms with Crippen molar-refractivity contribution in [2.75, 3.05) is 5.32 Å². The molecule has 0 bridgehead atoms. The number of nitrogens with zero attached hydrogens (tertiary/aromatic N) is 2. The van der Waals surface area contributed by atoms with Gasteiger partial charge in [0.15, 0.2) is 5.69 Å². The number of halogens is 1. The van der Waals surface area contributed by atoms with Crippen molar-refractivity contribution in [3.63, 3.8) is 0 Å². The van der Waals surface area contributed by atoms with Gasteiger partial charge in [0.05, 0.1) is 11.1 Å². The summed E-state index contributed by atoms with van der Waals surface area (Å²) in [6.45, 7) is 2.11. The Kier molecular flexibility index (Phi) is 4.19. The number of rotatable bonds is 4. The van der Waals surface area contributed by atoms with Crippen molar-refractivity contribution >= 4 is 28.8 Å². The molecule has 0 aromatic carbocycles. The molecule has 18 heavy (non-hydrogen) atoms. The lowest BCUT2D eigenvalue weighted by Gasteiger charge is -2.16. The molecular weight excluding hydrogens is 266 g/mol. The van der Waals surface area contributed by atoms with Crippen LogP contribution in [0.1, 0.15) is 30.0 Å². The fourth-order valence-electron chi connectivity index (χ4n) is 1.64. The van der Waals surface area contributed by atoms with Gasteiger partial charge >= 0.3 is 0 Å². The third kappa shape index (κ3) is 2.81. The number of nitrogens with one attached hydrogen (secondary N) is 1. The molecule has 3 nitrogen and oxygen atoms in total. The predicted molar refractivity (Wildman–Crippen MR) is 74.9 cm³/mol. The van der Waals surface area contributed by atoms with E-state index in [1.165, 1.54) is 4.88 Å². The number of anilines is 1. The van der Waals surface area contributed by atoms with E-state index < -0.39 is 0 Å². The Hall–Kier alpha value is -1.57. The molecule has 2 aromatic rings. The molecule has 1 unspecified atom stereocenters. The second-order valence-electron chi connectivity index (χ2n) is 3.76. The van der Waals surface area contributed by atoms with Crippen molar-refractivity contribution in [2.45, 2.75) is 19.4 Å². The summed E-state index contributed by atoms with van der Waals surface area (Å²) in [5.74, 6) is 0.677. The highest BCUT2D eigenvalue weighted by Gasteiger charge is 2.11. The van der Waals surface area contributed by atoms with Crippen LogP contribution in [0.5, 0.6) is 0 Å². The van der Waals surface area contributed by atoms with E-state index in [0.29, 0.717) is 10.8 Å². The molecule has 1 N–H and O–H groups in total. The Morgan fingerprint density at radius 1 is 1.50 bits per heavy atom. The SMILES string of the molecule is CCC(Nc1ccc(Cl)c(C#N)n1)c1cccs1. The molecule has 92 valence electrons. The third-order valence-corrected chi connectivity index (χ3v) is 3.86.